The Hall–Kier alpha value is -4.16. The molecule has 1 aliphatic heterocycles. The van der Waals surface area contributed by atoms with Gasteiger partial charge in [-0.1, -0.05) is 6.07 Å². The fourth-order valence-corrected chi connectivity index (χ4v) is 4.93. The van der Waals surface area contributed by atoms with Crippen LogP contribution < -0.4 is 27.2 Å². The van der Waals surface area contributed by atoms with Gasteiger partial charge < -0.3 is 41.8 Å². The van der Waals surface area contributed by atoms with Crippen LogP contribution in [0.4, 0.5) is 21.5 Å². The third-order valence-corrected chi connectivity index (χ3v) is 7.07. The van der Waals surface area contributed by atoms with Gasteiger partial charge in [0.15, 0.2) is 0 Å². The molecule has 3 aromatic rings. The average molecular weight is 555 g/mol. The van der Waals surface area contributed by atoms with E-state index >= 15 is 0 Å². The maximum absolute atomic E-state index is 14.4. The van der Waals surface area contributed by atoms with Crippen LogP contribution in [-0.4, -0.2) is 63.8 Å². The summed E-state index contributed by atoms with van der Waals surface area (Å²) >= 11 is 0. The number of H-pyrrole nitrogens is 1. The van der Waals surface area contributed by atoms with Gasteiger partial charge in [-0.25, -0.2) is 4.39 Å². The van der Waals surface area contributed by atoms with Gasteiger partial charge in [0.2, 0.25) is 5.91 Å². The van der Waals surface area contributed by atoms with Crippen molar-refractivity contribution in [1.29, 1.82) is 0 Å². The van der Waals surface area contributed by atoms with Gasteiger partial charge in [-0.05, 0) is 57.0 Å². The Balaban J connectivity index is 1.33. The molecule has 40 heavy (non-hydrogen) atoms. The molecule has 1 aromatic heterocycles. The molecule has 4 rings (SSSR count). The molecule has 3 unspecified atom stereocenters. The zero-order chi connectivity index (χ0) is 29.0. The number of aliphatic hydroxyl groups excluding tert-OH is 2. The van der Waals surface area contributed by atoms with Gasteiger partial charge in [-0.3, -0.25) is 14.4 Å². The Bertz CT molecular complexity index is 1460. The van der Waals surface area contributed by atoms with E-state index in [1.54, 1.807) is 29.2 Å². The molecule has 11 nitrogen and oxygen atoms in total. The third kappa shape index (κ3) is 6.18. The number of hydrogen-bond donors (Lipinski definition) is 7. The van der Waals surface area contributed by atoms with Gasteiger partial charge in [0.05, 0.1) is 52.2 Å². The minimum atomic E-state index is -0.970. The molecule has 0 aliphatic carbocycles. The molecule has 0 spiro atoms. The second-order valence-electron chi connectivity index (χ2n) is 9.78. The number of carbonyl (C=O) groups excluding carboxylic acids is 2. The summed E-state index contributed by atoms with van der Waals surface area (Å²) in [5, 5.41) is 29.5. The summed E-state index contributed by atoms with van der Waals surface area (Å²) < 4.78 is 14.4. The van der Waals surface area contributed by atoms with E-state index in [4.69, 9.17) is 5.73 Å². The highest BCUT2D eigenvalue weighted by Crippen LogP contribution is 2.38. The fourth-order valence-electron chi connectivity index (χ4n) is 4.93. The zero-order valence-corrected chi connectivity index (χ0v) is 22.5. The quantitative estimate of drug-likeness (QED) is 0.189. The van der Waals surface area contributed by atoms with Crippen LogP contribution >= 0.6 is 0 Å². The molecule has 1 aliphatic rings. The number of halogens is 1. The van der Waals surface area contributed by atoms with Crippen LogP contribution in [0.1, 0.15) is 55.2 Å². The number of aromatic amines is 1. The number of nitrogens with zero attached hydrogens (tertiary/aromatic N) is 1. The molecule has 12 heteroatoms. The third-order valence-electron chi connectivity index (χ3n) is 7.07. The normalized spacial score (nSPS) is 15.6. The van der Waals surface area contributed by atoms with Crippen LogP contribution in [-0.2, 0) is 4.79 Å². The largest absolute Gasteiger partial charge is 0.398 e. The van der Waals surface area contributed by atoms with E-state index in [1.165, 1.54) is 12.1 Å². The number of carbonyl (C=O) groups is 2. The second kappa shape index (κ2) is 12.3. The molecule has 0 saturated carbocycles. The zero-order valence-electron chi connectivity index (χ0n) is 22.5. The van der Waals surface area contributed by atoms with Gasteiger partial charge in [0, 0.05) is 25.2 Å². The number of rotatable bonds is 11. The number of nitrogens with two attached hydrogens (primary N) is 1. The highest BCUT2D eigenvalue weighted by Gasteiger charge is 2.28. The number of nitrogen functional groups attached to an aromatic ring is 1. The van der Waals surface area contributed by atoms with E-state index in [-0.39, 0.29) is 54.3 Å². The first-order chi connectivity index (χ1) is 19.1. The number of hydrogen-bond acceptors (Lipinski definition) is 8. The predicted octanol–water partition coefficient (Wildman–Crippen LogP) is 2.28. The lowest BCUT2D eigenvalue weighted by Crippen LogP contribution is -2.34. The van der Waals surface area contributed by atoms with Crippen LogP contribution in [0.2, 0.25) is 0 Å². The van der Waals surface area contributed by atoms with Crippen molar-refractivity contribution in [2.24, 2.45) is 0 Å². The van der Waals surface area contributed by atoms with Crippen molar-refractivity contribution in [3.8, 4) is 0 Å². The monoisotopic (exact) mass is 554 g/mol. The Morgan fingerprint density at radius 3 is 2.55 bits per heavy atom. The van der Waals surface area contributed by atoms with Gasteiger partial charge in [0.25, 0.3) is 11.5 Å². The molecule has 0 fully saturated rings. The van der Waals surface area contributed by atoms with Gasteiger partial charge >= 0.3 is 0 Å². The summed E-state index contributed by atoms with van der Waals surface area (Å²) in [4.78, 5) is 41.9. The predicted molar refractivity (Wildman–Crippen MR) is 151 cm³/mol. The molecule has 2 amide bonds. The van der Waals surface area contributed by atoms with Crippen LogP contribution in [0.15, 0.2) is 41.2 Å². The Labute approximate surface area is 230 Å². The lowest BCUT2D eigenvalue weighted by molar-refractivity contribution is -0.133. The number of pyridine rings is 1. The molecule has 214 valence electrons. The summed E-state index contributed by atoms with van der Waals surface area (Å²) in [7, 11) is 0. The van der Waals surface area contributed by atoms with E-state index in [0.29, 0.717) is 35.5 Å². The van der Waals surface area contributed by atoms with Crippen molar-refractivity contribution in [3.63, 3.8) is 0 Å². The first-order valence-electron chi connectivity index (χ1n) is 13.3. The van der Waals surface area contributed by atoms with E-state index in [1.807, 2.05) is 13.8 Å². The highest BCUT2D eigenvalue weighted by molar-refractivity contribution is 5.97. The van der Waals surface area contributed by atoms with Crippen LogP contribution in [0, 0.1) is 5.82 Å². The number of benzene rings is 2. The summed E-state index contributed by atoms with van der Waals surface area (Å²) in [6.07, 6.45) is -2.43. The molecule has 0 radical (unpaired) electrons. The Morgan fingerprint density at radius 2 is 1.82 bits per heavy atom. The van der Waals surface area contributed by atoms with Crippen molar-refractivity contribution in [2.45, 2.75) is 51.5 Å². The summed E-state index contributed by atoms with van der Waals surface area (Å²) in [5.74, 6) is -1.09. The van der Waals surface area contributed by atoms with Crippen LogP contribution in [0.25, 0.3) is 10.9 Å². The number of amides is 2. The Kier molecular flexibility index (Phi) is 8.90. The molecule has 2 aromatic carbocycles. The van der Waals surface area contributed by atoms with E-state index in [2.05, 4.69) is 20.9 Å². The van der Waals surface area contributed by atoms with Crippen molar-refractivity contribution >= 4 is 39.8 Å². The lowest BCUT2D eigenvalue weighted by atomic mass is 10.1. The molecule has 0 bridgehead atoms. The Morgan fingerprint density at radius 1 is 1.10 bits per heavy atom. The SMILES string of the molecule is CCN(CC)C(=O)CC(O)CC(O)CCNC(=O)c1ccc2c(c1)NC(c1c(N)c3c(F)cccc3[nH]c1=O)N2. The number of anilines is 3. The van der Waals surface area contributed by atoms with Crippen LogP contribution in [0.5, 0.6) is 0 Å². The number of fused-ring (bicyclic) bond motifs is 2. The van der Waals surface area contributed by atoms with Crippen molar-refractivity contribution in [1.82, 2.24) is 15.2 Å². The molecule has 3 atom stereocenters. The lowest BCUT2D eigenvalue weighted by Gasteiger charge is -2.21. The first-order valence-corrected chi connectivity index (χ1v) is 13.3. The van der Waals surface area contributed by atoms with Crippen LogP contribution in [0.3, 0.4) is 0 Å². The fraction of sp³-hybridized carbons (Fsp3) is 0.393. The van der Waals surface area contributed by atoms with E-state index < -0.39 is 29.8 Å². The molecule has 8 N–H and O–H groups in total. The maximum Gasteiger partial charge on any atom is 0.257 e. The topological polar surface area (TPSA) is 173 Å². The summed E-state index contributed by atoms with van der Waals surface area (Å²) in [6, 6.07) is 9.24. The number of aromatic nitrogens is 1. The minimum Gasteiger partial charge on any atom is -0.398 e. The second-order valence-corrected chi connectivity index (χ2v) is 9.78. The minimum absolute atomic E-state index is 0.0220. The number of nitrogens with one attached hydrogen (secondary N) is 4. The van der Waals surface area contributed by atoms with Gasteiger partial charge in [-0.15, -0.1) is 0 Å². The van der Waals surface area contributed by atoms with Gasteiger partial charge in [-0.2, -0.15) is 0 Å². The van der Waals surface area contributed by atoms with E-state index in [0.717, 1.165) is 0 Å². The van der Waals surface area contributed by atoms with Crippen molar-refractivity contribution in [2.75, 3.05) is 36.0 Å². The van der Waals surface area contributed by atoms with Gasteiger partial charge in [0.1, 0.15) is 12.0 Å². The number of aliphatic hydroxyl groups is 2. The average Bonchev–Trinajstić information content (AvgIpc) is 3.31. The highest BCUT2D eigenvalue weighted by atomic mass is 19.1. The first kappa shape index (κ1) is 28.8. The molecular weight excluding hydrogens is 519 g/mol. The van der Waals surface area contributed by atoms with E-state index in [9.17, 15) is 29.0 Å². The van der Waals surface area contributed by atoms with Crippen molar-refractivity contribution < 1.29 is 24.2 Å². The molecular formula is C28H35FN6O5. The van der Waals surface area contributed by atoms with Crippen molar-refractivity contribution in [3.05, 3.63) is 63.7 Å². The molecule has 2 heterocycles. The summed E-state index contributed by atoms with van der Waals surface area (Å²) in [6.45, 7) is 5.00. The summed E-state index contributed by atoms with van der Waals surface area (Å²) in [5.41, 5.74) is 7.75. The molecule has 0 saturated heterocycles. The standard InChI is InChI=1S/C28H35FN6O5/c1-3-35(4-2)22(38)14-17(37)13-16(36)10-11-31-27(39)15-8-9-19-21(12-15)33-26(32-19)24-25(30)23-18(29)6-5-7-20(23)34-28(24)40/h5-9,12,16-17,26,32-33,36-37H,3-4,10-11,13-14H2,1-2H3,(H,31,39)(H3,30,34,40). The smallest absolute Gasteiger partial charge is 0.257 e. The maximum atomic E-state index is 14.4.